The van der Waals surface area contributed by atoms with Gasteiger partial charge in [0.15, 0.2) is 11.5 Å². The fraction of sp³-hybridized carbons (Fsp3) is 0.231. The molecule has 0 spiro atoms. The number of hydrogen-bond acceptors (Lipinski definition) is 8. The smallest absolute Gasteiger partial charge is 0.307 e. The van der Waals surface area contributed by atoms with Gasteiger partial charge in [0.25, 0.3) is 0 Å². The summed E-state index contributed by atoms with van der Waals surface area (Å²) in [6.45, 7) is 1.02. The molecule has 22 heavy (non-hydrogen) atoms. The van der Waals surface area contributed by atoms with E-state index in [2.05, 4.69) is 15.8 Å². The van der Waals surface area contributed by atoms with Gasteiger partial charge in [-0.2, -0.15) is 0 Å². The highest BCUT2D eigenvalue weighted by atomic mass is 32.1. The molecule has 0 atom stereocenters. The highest BCUT2D eigenvalue weighted by Crippen LogP contribution is 2.38. The number of amides is 1. The van der Waals surface area contributed by atoms with Crippen LogP contribution in [0.4, 0.5) is 5.13 Å². The van der Waals surface area contributed by atoms with E-state index >= 15 is 0 Å². The first-order valence-corrected chi connectivity index (χ1v) is 7.32. The minimum absolute atomic E-state index is 0.126. The van der Waals surface area contributed by atoms with Crippen LogP contribution in [0.2, 0.25) is 0 Å². The minimum Gasteiger partial charge on any atom is -0.494 e. The van der Waals surface area contributed by atoms with Crippen LogP contribution in [0.5, 0.6) is 11.5 Å². The van der Waals surface area contributed by atoms with Gasteiger partial charge in [-0.15, -0.1) is 0 Å². The lowest BCUT2D eigenvalue weighted by molar-refractivity contribution is -0.121. The summed E-state index contributed by atoms with van der Waals surface area (Å²) in [6, 6.07) is 3.67. The van der Waals surface area contributed by atoms with E-state index in [1.54, 1.807) is 0 Å². The number of rotatable bonds is 3. The van der Waals surface area contributed by atoms with Crippen LogP contribution in [0.1, 0.15) is 0 Å². The van der Waals surface area contributed by atoms with Crippen molar-refractivity contribution in [3.63, 3.8) is 0 Å². The van der Waals surface area contributed by atoms with Gasteiger partial charge in [-0.05, 0) is 0 Å². The van der Waals surface area contributed by atoms with E-state index in [-0.39, 0.29) is 12.6 Å². The Morgan fingerprint density at radius 3 is 2.86 bits per heavy atom. The van der Waals surface area contributed by atoms with Crippen LogP contribution in [0.3, 0.4) is 0 Å². The Morgan fingerprint density at radius 2 is 2.05 bits per heavy atom. The number of benzene rings is 1. The van der Waals surface area contributed by atoms with Crippen molar-refractivity contribution in [3.8, 4) is 11.5 Å². The molecule has 3 heterocycles. The molecule has 2 aliphatic heterocycles. The molecule has 1 amide bonds. The van der Waals surface area contributed by atoms with Gasteiger partial charge >= 0.3 is 5.91 Å². The summed E-state index contributed by atoms with van der Waals surface area (Å²) in [5, 5.41) is 0.546. The fourth-order valence-corrected chi connectivity index (χ4v) is 2.86. The summed E-state index contributed by atoms with van der Waals surface area (Å²) < 4.78 is 21.8. The molecule has 0 unspecified atom stereocenters. The van der Waals surface area contributed by atoms with Gasteiger partial charge in [0, 0.05) is 12.1 Å². The predicted molar refractivity (Wildman–Crippen MR) is 77.5 cm³/mol. The van der Waals surface area contributed by atoms with E-state index in [0.29, 0.717) is 29.8 Å². The summed E-state index contributed by atoms with van der Waals surface area (Å²) in [4.78, 5) is 16.2. The number of hydrazine groups is 1. The van der Waals surface area contributed by atoms with Crippen LogP contribution in [-0.2, 0) is 14.3 Å². The summed E-state index contributed by atoms with van der Waals surface area (Å²) in [5.41, 5.74) is 6.03. The molecule has 0 saturated carbocycles. The maximum absolute atomic E-state index is 11.8. The number of thiazole rings is 1. The lowest BCUT2D eigenvalue weighted by atomic mass is 10.3. The molecule has 0 aliphatic carbocycles. The average Bonchev–Trinajstić information content (AvgIpc) is 3.16. The molecular weight excluding hydrogens is 310 g/mol. The SMILES string of the molecule is O=C(NNc1nc2cc3c(cc2s1)OCO3)C1=COCCO1. The van der Waals surface area contributed by atoms with Crippen molar-refractivity contribution in [2.75, 3.05) is 25.4 Å². The van der Waals surface area contributed by atoms with E-state index in [1.807, 2.05) is 12.1 Å². The van der Waals surface area contributed by atoms with Crippen LogP contribution in [0.15, 0.2) is 24.2 Å². The first kappa shape index (κ1) is 13.0. The van der Waals surface area contributed by atoms with Crippen molar-refractivity contribution < 1.29 is 23.7 Å². The number of nitrogens with zero attached hydrogens (tertiary/aromatic N) is 1. The number of hydrogen-bond donors (Lipinski definition) is 2. The molecular formula is C13H11N3O5S. The third-order valence-electron chi connectivity index (χ3n) is 3.04. The molecule has 2 aromatic rings. The third-order valence-corrected chi connectivity index (χ3v) is 3.97. The Kier molecular flexibility index (Phi) is 3.11. The fourth-order valence-electron chi connectivity index (χ4n) is 2.03. The second kappa shape index (κ2) is 5.26. The zero-order valence-electron chi connectivity index (χ0n) is 11.3. The van der Waals surface area contributed by atoms with E-state index < -0.39 is 5.91 Å². The molecule has 1 aromatic carbocycles. The molecule has 4 rings (SSSR count). The van der Waals surface area contributed by atoms with Crippen molar-refractivity contribution in [3.05, 3.63) is 24.2 Å². The summed E-state index contributed by atoms with van der Waals surface area (Å²) in [5.74, 6) is 1.07. The molecule has 9 heteroatoms. The normalized spacial score (nSPS) is 15.7. The number of aromatic nitrogens is 1. The quantitative estimate of drug-likeness (QED) is 0.825. The van der Waals surface area contributed by atoms with Gasteiger partial charge in [0.05, 0.1) is 10.2 Å². The number of fused-ring (bicyclic) bond motifs is 2. The Labute approximate surface area is 128 Å². The lowest BCUT2D eigenvalue weighted by Gasteiger charge is -2.14. The van der Waals surface area contributed by atoms with Crippen LogP contribution < -0.4 is 20.3 Å². The van der Waals surface area contributed by atoms with Gasteiger partial charge in [-0.25, -0.2) is 4.98 Å². The lowest BCUT2D eigenvalue weighted by Crippen LogP contribution is -2.32. The first-order chi connectivity index (χ1) is 10.8. The van der Waals surface area contributed by atoms with Crippen molar-refractivity contribution in [1.29, 1.82) is 0 Å². The van der Waals surface area contributed by atoms with E-state index in [1.165, 1.54) is 17.6 Å². The van der Waals surface area contributed by atoms with Gasteiger partial charge in [-0.3, -0.25) is 15.6 Å². The second-order valence-electron chi connectivity index (χ2n) is 4.47. The van der Waals surface area contributed by atoms with Crippen LogP contribution >= 0.6 is 11.3 Å². The number of carbonyl (C=O) groups is 1. The van der Waals surface area contributed by atoms with Crippen LogP contribution in [0.25, 0.3) is 10.2 Å². The Bertz CT molecular complexity index is 731. The zero-order valence-corrected chi connectivity index (χ0v) is 12.1. The highest BCUT2D eigenvalue weighted by molar-refractivity contribution is 7.22. The number of nitrogens with one attached hydrogen (secondary N) is 2. The van der Waals surface area contributed by atoms with Crippen molar-refractivity contribution in [2.24, 2.45) is 0 Å². The minimum atomic E-state index is -0.423. The Balaban J connectivity index is 1.48. The molecule has 1 aromatic heterocycles. The molecule has 0 bridgehead atoms. The maximum atomic E-state index is 11.8. The first-order valence-electron chi connectivity index (χ1n) is 6.51. The van der Waals surface area contributed by atoms with Gasteiger partial charge < -0.3 is 18.9 Å². The molecule has 0 radical (unpaired) electrons. The predicted octanol–water partition coefficient (Wildman–Crippen LogP) is 1.36. The number of ether oxygens (including phenoxy) is 4. The molecule has 0 saturated heterocycles. The summed E-state index contributed by atoms with van der Waals surface area (Å²) in [6.07, 6.45) is 1.29. The third kappa shape index (κ3) is 2.35. The molecule has 2 N–H and O–H groups in total. The molecule has 2 aliphatic rings. The van der Waals surface area contributed by atoms with E-state index in [9.17, 15) is 4.79 Å². The molecule has 114 valence electrons. The topological polar surface area (TPSA) is 90.9 Å². The van der Waals surface area contributed by atoms with Crippen molar-refractivity contribution in [2.45, 2.75) is 0 Å². The Hall–Kier alpha value is -2.68. The molecule has 8 nitrogen and oxygen atoms in total. The standard InChI is InChI=1S/C13H11N3O5S/c17-12(10-5-18-1-2-19-10)15-16-13-14-7-3-8-9(21-6-20-8)4-11(7)22-13/h3-5H,1-2,6H2,(H,14,16)(H,15,17). The summed E-state index contributed by atoms with van der Waals surface area (Å²) in [7, 11) is 0. The van der Waals surface area contributed by atoms with E-state index in [0.717, 1.165) is 10.2 Å². The van der Waals surface area contributed by atoms with Gasteiger partial charge in [0.2, 0.25) is 17.7 Å². The Morgan fingerprint density at radius 1 is 1.18 bits per heavy atom. The highest BCUT2D eigenvalue weighted by Gasteiger charge is 2.18. The molecule has 0 fully saturated rings. The van der Waals surface area contributed by atoms with E-state index in [4.69, 9.17) is 18.9 Å². The second-order valence-corrected chi connectivity index (χ2v) is 5.50. The summed E-state index contributed by atoms with van der Waals surface area (Å²) >= 11 is 1.39. The largest absolute Gasteiger partial charge is 0.494 e. The van der Waals surface area contributed by atoms with Crippen LogP contribution in [0, 0.1) is 0 Å². The number of carbonyl (C=O) groups excluding carboxylic acids is 1. The maximum Gasteiger partial charge on any atom is 0.307 e. The number of anilines is 1. The van der Waals surface area contributed by atoms with Crippen LogP contribution in [-0.4, -0.2) is 30.9 Å². The average molecular weight is 321 g/mol. The van der Waals surface area contributed by atoms with Crippen molar-refractivity contribution >= 4 is 32.6 Å². The van der Waals surface area contributed by atoms with Gasteiger partial charge in [-0.1, -0.05) is 11.3 Å². The monoisotopic (exact) mass is 321 g/mol. The van der Waals surface area contributed by atoms with Crippen molar-refractivity contribution in [1.82, 2.24) is 10.4 Å². The van der Waals surface area contributed by atoms with Gasteiger partial charge in [0.1, 0.15) is 19.5 Å². The zero-order chi connectivity index (χ0) is 14.9.